The van der Waals surface area contributed by atoms with Gasteiger partial charge in [0, 0.05) is 19.5 Å². The van der Waals surface area contributed by atoms with Crippen LogP contribution >= 0.6 is 0 Å². The summed E-state index contributed by atoms with van der Waals surface area (Å²) >= 11 is 0. The van der Waals surface area contributed by atoms with Crippen LogP contribution in [0.5, 0.6) is 0 Å². The predicted octanol–water partition coefficient (Wildman–Crippen LogP) is 2.41. The van der Waals surface area contributed by atoms with E-state index in [1.165, 1.54) is 4.57 Å². The number of aryl methyl sites for hydroxylation is 1. The lowest BCUT2D eigenvalue weighted by molar-refractivity contribution is -0.116. The molecule has 2 N–H and O–H groups in total. The predicted molar refractivity (Wildman–Crippen MR) is 95.5 cm³/mol. The van der Waals surface area contributed by atoms with Gasteiger partial charge in [0.1, 0.15) is 5.82 Å². The minimum absolute atomic E-state index is 0.0432. The van der Waals surface area contributed by atoms with Crippen LogP contribution in [0.15, 0.2) is 45.6 Å². The number of hydrogen-bond donors (Lipinski definition) is 2. The fourth-order valence-electron chi connectivity index (χ4n) is 3.28. The number of anilines is 1. The van der Waals surface area contributed by atoms with Crippen LogP contribution in [0.4, 0.5) is 10.1 Å². The average molecular weight is 355 g/mol. The van der Waals surface area contributed by atoms with E-state index in [1.807, 2.05) is 6.07 Å². The van der Waals surface area contributed by atoms with Crippen molar-refractivity contribution < 1.29 is 13.6 Å². The molecule has 0 fully saturated rings. The number of nitrogens with zero attached hydrogens (tertiary/aromatic N) is 1. The molecule has 1 aliphatic heterocycles. The molecule has 0 atom stereocenters. The van der Waals surface area contributed by atoms with Gasteiger partial charge in [-0.3, -0.25) is 9.36 Å². The van der Waals surface area contributed by atoms with Crippen molar-refractivity contribution in [1.82, 2.24) is 9.88 Å². The zero-order valence-electron chi connectivity index (χ0n) is 14.0. The van der Waals surface area contributed by atoms with E-state index in [4.69, 9.17) is 4.42 Å². The van der Waals surface area contributed by atoms with Crippen molar-refractivity contribution in [3.63, 3.8) is 0 Å². The third kappa shape index (κ3) is 3.01. The zero-order chi connectivity index (χ0) is 18.1. The molecule has 26 heavy (non-hydrogen) atoms. The zero-order valence-corrected chi connectivity index (χ0v) is 14.0. The summed E-state index contributed by atoms with van der Waals surface area (Å²) in [5.74, 6) is -1.23. The molecule has 6 nitrogen and oxygen atoms in total. The van der Waals surface area contributed by atoms with Crippen molar-refractivity contribution >= 4 is 22.7 Å². The van der Waals surface area contributed by atoms with E-state index in [1.54, 1.807) is 30.3 Å². The third-order valence-electron chi connectivity index (χ3n) is 4.62. The maximum Gasteiger partial charge on any atom is 0.419 e. The normalized spacial score (nSPS) is 13.6. The van der Waals surface area contributed by atoms with Crippen LogP contribution in [0.25, 0.3) is 11.1 Å². The molecular formula is C19H18FN3O3. The molecule has 1 aromatic heterocycles. The van der Waals surface area contributed by atoms with Crippen molar-refractivity contribution in [1.29, 1.82) is 0 Å². The SMILES string of the molecule is O=C(CCn1c(=O)oc2ccccc21)Nc1ccc2c(c1F)CCNC2. The Morgan fingerprint density at radius 3 is 3.00 bits per heavy atom. The summed E-state index contributed by atoms with van der Waals surface area (Å²) in [6, 6.07) is 10.4. The molecule has 4 rings (SSSR count). The van der Waals surface area contributed by atoms with Gasteiger partial charge in [0.25, 0.3) is 0 Å². The molecule has 0 saturated carbocycles. The minimum Gasteiger partial charge on any atom is -0.408 e. The Balaban J connectivity index is 1.48. The number of fused-ring (bicyclic) bond motifs is 2. The Kier molecular flexibility index (Phi) is 4.30. The number of para-hydroxylation sites is 2. The first kappa shape index (κ1) is 16.5. The molecule has 3 aromatic rings. The van der Waals surface area contributed by atoms with Gasteiger partial charge in [0.05, 0.1) is 11.2 Å². The molecule has 0 spiro atoms. The van der Waals surface area contributed by atoms with Crippen molar-refractivity contribution in [3.8, 4) is 0 Å². The van der Waals surface area contributed by atoms with Gasteiger partial charge in [0.2, 0.25) is 5.91 Å². The molecule has 0 bridgehead atoms. The molecule has 1 amide bonds. The summed E-state index contributed by atoms with van der Waals surface area (Å²) < 4.78 is 21.1. The van der Waals surface area contributed by atoms with Crippen molar-refractivity contribution in [2.24, 2.45) is 0 Å². The molecular weight excluding hydrogens is 337 g/mol. The number of aromatic nitrogens is 1. The first-order valence-electron chi connectivity index (χ1n) is 8.52. The summed E-state index contributed by atoms with van der Waals surface area (Å²) in [5.41, 5.74) is 2.87. The van der Waals surface area contributed by atoms with Gasteiger partial charge in [-0.2, -0.15) is 0 Å². The molecule has 2 heterocycles. The molecule has 0 aliphatic carbocycles. The largest absolute Gasteiger partial charge is 0.419 e. The highest BCUT2D eigenvalue weighted by Gasteiger charge is 2.18. The summed E-state index contributed by atoms with van der Waals surface area (Å²) in [6.45, 7) is 1.52. The van der Waals surface area contributed by atoms with Crippen LogP contribution in [0.3, 0.4) is 0 Å². The highest BCUT2D eigenvalue weighted by atomic mass is 19.1. The van der Waals surface area contributed by atoms with Gasteiger partial charge in [-0.25, -0.2) is 9.18 Å². The number of nitrogens with one attached hydrogen (secondary N) is 2. The monoisotopic (exact) mass is 355 g/mol. The van der Waals surface area contributed by atoms with Crippen LogP contribution in [0.2, 0.25) is 0 Å². The Morgan fingerprint density at radius 1 is 1.27 bits per heavy atom. The molecule has 134 valence electrons. The lowest BCUT2D eigenvalue weighted by atomic mass is 9.99. The van der Waals surface area contributed by atoms with Crippen LogP contribution in [0, 0.1) is 5.82 Å². The Labute approximate surface area is 148 Å². The maximum absolute atomic E-state index is 14.6. The van der Waals surface area contributed by atoms with Crippen molar-refractivity contribution in [2.75, 3.05) is 11.9 Å². The average Bonchev–Trinajstić information content (AvgIpc) is 2.97. The third-order valence-corrected chi connectivity index (χ3v) is 4.62. The number of hydrogen-bond acceptors (Lipinski definition) is 4. The topological polar surface area (TPSA) is 76.3 Å². The summed E-state index contributed by atoms with van der Waals surface area (Å²) in [7, 11) is 0. The number of carbonyl (C=O) groups excluding carboxylic acids is 1. The lowest BCUT2D eigenvalue weighted by Gasteiger charge is -2.19. The van der Waals surface area contributed by atoms with E-state index in [9.17, 15) is 14.0 Å². The van der Waals surface area contributed by atoms with Crippen LogP contribution in [-0.2, 0) is 24.3 Å². The van der Waals surface area contributed by atoms with Gasteiger partial charge >= 0.3 is 5.76 Å². The van der Waals surface area contributed by atoms with E-state index in [0.29, 0.717) is 29.6 Å². The Morgan fingerprint density at radius 2 is 2.12 bits per heavy atom. The van der Waals surface area contributed by atoms with Crippen LogP contribution < -0.4 is 16.4 Å². The highest BCUT2D eigenvalue weighted by molar-refractivity contribution is 5.91. The molecule has 7 heteroatoms. The fraction of sp³-hybridized carbons (Fsp3) is 0.263. The first-order chi connectivity index (χ1) is 12.6. The highest BCUT2D eigenvalue weighted by Crippen LogP contribution is 2.24. The van der Waals surface area contributed by atoms with Gasteiger partial charge in [-0.05, 0) is 42.3 Å². The van der Waals surface area contributed by atoms with Gasteiger partial charge in [-0.15, -0.1) is 0 Å². The number of rotatable bonds is 4. The van der Waals surface area contributed by atoms with E-state index >= 15 is 0 Å². The summed E-state index contributed by atoms with van der Waals surface area (Å²) in [4.78, 5) is 24.2. The van der Waals surface area contributed by atoms with Crippen LogP contribution in [-0.4, -0.2) is 17.0 Å². The molecule has 0 unspecified atom stereocenters. The van der Waals surface area contributed by atoms with Gasteiger partial charge < -0.3 is 15.1 Å². The first-order valence-corrected chi connectivity index (χ1v) is 8.52. The lowest BCUT2D eigenvalue weighted by Crippen LogP contribution is -2.25. The molecule has 0 saturated heterocycles. The number of benzene rings is 2. The minimum atomic E-state index is -0.508. The van der Waals surface area contributed by atoms with Crippen molar-refractivity contribution in [3.05, 3.63) is 63.9 Å². The van der Waals surface area contributed by atoms with Gasteiger partial charge in [-0.1, -0.05) is 18.2 Å². The molecule has 0 radical (unpaired) electrons. The van der Waals surface area contributed by atoms with Crippen LogP contribution in [0.1, 0.15) is 17.5 Å². The van der Waals surface area contributed by atoms with E-state index < -0.39 is 5.76 Å². The quantitative estimate of drug-likeness (QED) is 0.754. The number of halogens is 1. The number of amides is 1. The Bertz CT molecular complexity index is 1040. The van der Waals surface area contributed by atoms with Crippen molar-refractivity contribution in [2.45, 2.75) is 25.9 Å². The molecule has 1 aliphatic rings. The second-order valence-electron chi connectivity index (χ2n) is 6.28. The second-order valence-corrected chi connectivity index (χ2v) is 6.28. The van der Waals surface area contributed by atoms with Gasteiger partial charge in [0.15, 0.2) is 5.58 Å². The number of carbonyl (C=O) groups is 1. The summed E-state index contributed by atoms with van der Waals surface area (Å²) in [6.07, 6.45) is 0.642. The Hall–Kier alpha value is -2.93. The maximum atomic E-state index is 14.6. The molecule has 2 aromatic carbocycles. The van der Waals surface area contributed by atoms with E-state index in [2.05, 4.69) is 10.6 Å². The fourth-order valence-corrected chi connectivity index (χ4v) is 3.28. The standard InChI is InChI=1S/C19H18FN3O3/c20-18-13-7-9-21-11-12(13)5-6-14(18)22-17(24)8-10-23-15-3-1-2-4-16(15)26-19(23)25/h1-6,21H,7-11H2,(H,22,24). The second kappa shape index (κ2) is 6.76. The summed E-state index contributed by atoms with van der Waals surface area (Å²) in [5, 5.41) is 5.80. The number of oxazole rings is 1. The van der Waals surface area contributed by atoms with E-state index in [-0.39, 0.29) is 30.4 Å². The van der Waals surface area contributed by atoms with E-state index in [0.717, 1.165) is 12.1 Å². The smallest absolute Gasteiger partial charge is 0.408 e.